The molecule has 3 atom stereocenters. The van der Waals surface area contributed by atoms with Crippen LogP contribution in [0.1, 0.15) is 33.1 Å². The first kappa shape index (κ1) is 15.5. The van der Waals surface area contributed by atoms with E-state index in [-0.39, 0.29) is 10.9 Å². The molecule has 1 aliphatic carbocycles. The second-order valence-corrected chi connectivity index (χ2v) is 7.57. The Morgan fingerprint density at radius 2 is 2.20 bits per heavy atom. The van der Waals surface area contributed by atoms with E-state index in [1.807, 2.05) is 0 Å². The Morgan fingerprint density at radius 1 is 1.45 bits per heavy atom. The number of sulfonamides is 1. The van der Waals surface area contributed by atoms with Crippen LogP contribution in [0.2, 0.25) is 0 Å². The maximum Gasteiger partial charge on any atom is 0.243 e. The average Bonchev–Trinajstić information content (AvgIpc) is 2.83. The Morgan fingerprint density at radius 3 is 2.85 bits per heavy atom. The molecule has 2 rings (SSSR count). The predicted molar refractivity (Wildman–Crippen MR) is 77.6 cm³/mol. The fourth-order valence-electron chi connectivity index (χ4n) is 2.85. The van der Waals surface area contributed by atoms with Crippen molar-refractivity contribution < 1.29 is 8.42 Å². The van der Waals surface area contributed by atoms with Crippen LogP contribution < -0.4 is 10.5 Å². The lowest BCUT2D eigenvalue weighted by Crippen LogP contribution is -2.42. The summed E-state index contributed by atoms with van der Waals surface area (Å²) in [7, 11) is -3.48. The monoisotopic (exact) mass is 300 g/mol. The summed E-state index contributed by atoms with van der Waals surface area (Å²) in [6.45, 7) is 5.29. The number of nitrogens with two attached hydrogens (primary N) is 1. The molecule has 1 aromatic heterocycles. The molecule has 0 saturated heterocycles. The summed E-state index contributed by atoms with van der Waals surface area (Å²) in [5, 5.41) is 4.01. The predicted octanol–water partition coefficient (Wildman–Crippen LogP) is 0.945. The second-order valence-electron chi connectivity index (χ2n) is 5.85. The maximum absolute atomic E-state index is 12.3. The lowest BCUT2D eigenvalue weighted by atomic mass is 9.80. The first-order valence-corrected chi connectivity index (χ1v) is 8.65. The van der Waals surface area contributed by atoms with Gasteiger partial charge in [-0.15, -0.1) is 0 Å². The largest absolute Gasteiger partial charge is 0.329 e. The second kappa shape index (κ2) is 6.24. The van der Waals surface area contributed by atoms with Gasteiger partial charge in [0.2, 0.25) is 10.0 Å². The third-order valence-electron chi connectivity index (χ3n) is 4.02. The Labute approximate surface area is 120 Å². The molecular formula is C13H24N4O2S. The highest BCUT2D eigenvalue weighted by atomic mass is 32.2. The van der Waals surface area contributed by atoms with Gasteiger partial charge < -0.3 is 5.73 Å². The zero-order valence-corrected chi connectivity index (χ0v) is 12.9. The Hall–Kier alpha value is -0.920. The molecule has 1 fully saturated rings. The molecule has 3 unspecified atom stereocenters. The zero-order chi connectivity index (χ0) is 14.8. The van der Waals surface area contributed by atoms with E-state index < -0.39 is 10.0 Å². The molecule has 0 aromatic carbocycles. The van der Waals surface area contributed by atoms with E-state index in [9.17, 15) is 8.42 Å². The van der Waals surface area contributed by atoms with Crippen LogP contribution in [0.3, 0.4) is 0 Å². The van der Waals surface area contributed by atoms with Gasteiger partial charge in [0, 0.05) is 18.8 Å². The maximum atomic E-state index is 12.3. The molecule has 0 spiro atoms. The molecule has 0 amide bonds. The molecule has 0 radical (unpaired) electrons. The minimum Gasteiger partial charge on any atom is -0.329 e. The van der Waals surface area contributed by atoms with E-state index in [4.69, 9.17) is 5.73 Å². The van der Waals surface area contributed by atoms with Crippen LogP contribution in [0.15, 0.2) is 17.3 Å². The van der Waals surface area contributed by atoms with Gasteiger partial charge in [-0.3, -0.25) is 4.68 Å². The fraction of sp³-hybridized carbons (Fsp3) is 0.769. The number of nitrogens with zero attached hydrogens (tertiary/aromatic N) is 2. The molecule has 7 heteroatoms. The number of hydrogen-bond acceptors (Lipinski definition) is 4. The number of nitrogens with one attached hydrogen (secondary N) is 1. The van der Waals surface area contributed by atoms with Crippen molar-refractivity contribution in [1.82, 2.24) is 14.5 Å². The van der Waals surface area contributed by atoms with Gasteiger partial charge in [-0.2, -0.15) is 5.10 Å². The summed E-state index contributed by atoms with van der Waals surface area (Å²) in [6.07, 6.45) is 5.96. The van der Waals surface area contributed by atoms with Crippen molar-refractivity contribution in [2.45, 2.75) is 50.6 Å². The van der Waals surface area contributed by atoms with Gasteiger partial charge in [-0.1, -0.05) is 13.8 Å². The molecule has 3 N–H and O–H groups in total. The molecule has 1 heterocycles. The van der Waals surface area contributed by atoms with Gasteiger partial charge in [0.1, 0.15) is 4.90 Å². The SMILES string of the molecule is CC1CCC(NS(=O)(=O)c2cnn(CCN)c2)C(C)C1. The summed E-state index contributed by atoms with van der Waals surface area (Å²) >= 11 is 0. The molecule has 1 aromatic rings. The van der Waals surface area contributed by atoms with Crippen LogP contribution in [0.4, 0.5) is 0 Å². The highest BCUT2D eigenvalue weighted by molar-refractivity contribution is 7.89. The third-order valence-corrected chi connectivity index (χ3v) is 5.46. The van der Waals surface area contributed by atoms with Gasteiger partial charge in [0.05, 0.1) is 12.7 Å². The van der Waals surface area contributed by atoms with Crippen molar-refractivity contribution in [2.24, 2.45) is 17.6 Å². The summed E-state index contributed by atoms with van der Waals surface area (Å²) in [4.78, 5) is 0.219. The average molecular weight is 300 g/mol. The quantitative estimate of drug-likeness (QED) is 0.847. The van der Waals surface area contributed by atoms with Gasteiger partial charge in [0.15, 0.2) is 0 Å². The lowest BCUT2D eigenvalue weighted by molar-refractivity contribution is 0.249. The van der Waals surface area contributed by atoms with Gasteiger partial charge >= 0.3 is 0 Å². The van der Waals surface area contributed by atoms with Crippen LogP contribution in [0, 0.1) is 11.8 Å². The number of rotatable bonds is 5. The normalized spacial score (nSPS) is 27.6. The smallest absolute Gasteiger partial charge is 0.243 e. The topological polar surface area (TPSA) is 90.0 Å². The highest BCUT2D eigenvalue weighted by Crippen LogP contribution is 2.29. The molecule has 1 aliphatic rings. The molecule has 6 nitrogen and oxygen atoms in total. The molecule has 0 aliphatic heterocycles. The van der Waals surface area contributed by atoms with Gasteiger partial charge in [0.25, 0.3) is 0 Å². The number of aromatic nitrogens is 2. The summed E-state index contributed by atoms with van der Waals surface area (Å²) in [5.74, 6) is 1.05. The van der Waals surface area contributed by atoms with E-state index in [1.165, 1.54) is 12.4 Å². The first-order chi connectivity index (χ1) is 9.42. The molecule has 114 valence electrons. The van der Waals surface area contributed by atoms with Crippen molar-refractivity contribution in [3.63, 3.8) is 0 Å². The third kappa shape index (κ3) is 3.59. The zero-order valence-electron chi connectivity index (χ0n) is 12.1. The van der Waals surface area contributed by atoms with Crippen molar-refractivity contribution >= 4 is 10.0 Å². The fourth-order valence-corrected chi connectivity index (χ4v) is 4.18. The highest BCUT2D eigenvalue weighted by Gasteiger charge is 2.29. The minimum atomic E-state index is -3.48. The minimum absolute atomic E-state index is 0.0223. The van der Waals surface area contributed by atoms with Crippen molar-refractivity contribution in [3.05, 3.63) is 12.4 Å². The van der Waals surface area contributed by atoms with Crippen LogP contribution >= 0.6 is 0 Å². The Bertz CT molecular complexity index is 540. The molecular weight excluding hydrogens is 276 g/mol. The van der Waals surface area contributed by atoms with Crippen molar-refractivity contribution in [3.8, 4) is 0 Å². The van der Waals surface area contributed by atoms with Crippen LogP contribution in [0.25, 0.3) is 0 Å². The molecule has 20 heavy (non-hydrogen) atoms. The summed E-state index contributed by atoms with van der Waals surface area (Å²) < 4.78 is 29.1. The van der Waals surface area contributed by atoms with Crippen LogP contribution in [-0.4, -0.2) is 30.8 Å². The van der Waals surface area contributed by atoms with E-state index in [0.717, 1.165) is 19.3 Å². The lowest BCUT2D eigenvalue weighted by Gasteiger charge is -2.32. The van der Waals surface area contributed by atoms with E-state index in [2.05, 4.69) is 23.7 Å². The standard InChI is InChI=1S/C13H24N4O2S/c1-10-3-4-13(11(2)7-10)16-20(18,19)12-8-15-17(9-12)6-5-14/h8-11,13,16H,3-7,14H2,1-2H3. The Balaban J connectivity index is 2.06. The van der Waals surface area contributed by atoms with E-state index >= 15 is 0 Å². The Kier molecular flexibility index (Phi) is 4.82. The van der Waals surface area contributed by atoms with E-state index in [1.54, 1.807) is 4.68 Å². The first-order valence-electron chi connectivity index (χ1n) is 7.17. The van der Waals surface area contributed by atoms with Crippen LogP contribution in [0.5, 0.6) is 0 Å². The summed E-state index contributed by atoms with van der Waals surface area (Å²) in [5.41, 5.74) is 5.43. The summed E-state index contributed by atoms with van der Waals surface area (Å²) in [6, 6.07) is 0.0223. The van der Waals surface area contributed by atoms with Gasteiger partial charge in [-0.05, 0) is 31.1 Å². The number of hydrogen-bond donors (Lipinski definition) is 2. The molecule has 0 bridgehead atoms. The van der Waals surface area contributed by atoms with Crippen molar-refractivity contribution in [2.75, 3.05) is 6.54 Å². The van der Waals surface area contributed by atoms with Crippen LogP contribution in [-0.2, 0) is 16.6 Å². The van der Waals surface area contributed by atoms with E-state index in [0.29, 0.717) is 24.9 Å². The molecule has 1 saturated carbocycles. The van der Waals surface area contributed by atoms with Gasteiger partial charge in [-0.25, -0.2) is 13.1 Å². The van der Waals surface area contributed by atoms with Crippen molar-refractivity contribution in [1.29, 1.82) is 0 Å².